The van der Waals surface area contributed by atoms with E-state index in [1.54, 1.807) is 16.7 Å². The van der Waals surface area contributed by atoms with Gasteiger partial charge in [-0.3, -0.25) is 14.9 Å². The first kappa shape index (κ1) is 16.7. The second-order valence-electron chi connectivity index (χ2n) is 6.95. The minimum Gasteiger partial charge on any atom is -0.391 e. The third-order valence-electron chi connectivity index (χ3n) is 4.99. The highest BCUT2D eigenvalue weighted by Crippen LogP contribution is 2.31. The van der Waals surface area contributed by atoms with Crippen LogP contribution in [-0.2, 0) is 11.2 Å². The molecule has 134 valence electrons. The minimum absolute atomic E-state index is 0.0469. The van der Waals surface area contributed by atoms with Crippen LogP contribution in [0.15, 0.2) is 22.2 Å². The average Bonchev–Trinajstić information content (AvgIpc) is 3.29. The Balaban J connectivity index is 1.35. The summed E-state index contributed by atoms with van der Waals surface area (Å²) in [6, 6.07) is 2.00. The van der Waals surface area contributed by atoms with Gasteiger partial charge in [-0.2, -0.15) is 5.10 Å². The molecule has 0 radical (unpaired) electrons. The van der Waals surface area contributed by atoms with E-state index in [0.717, 1.165) is 41.8 Å². The van der Waals surface area contributed by atoms with Crippen LogP contribution < -0.4 is 0 Å². The summed E-state index contributed by atoms with van der Waals surface area (Å²) in [5, 5.41) is 20.6. The molecule has 1 amide bonds. The maximum absolute atomic E-state index is 12.7. The van der Waals surface area contributed by atoms with Crippen LogP contribution in [-0.4, -0.2) is 68.5 Å². The minimum atomic E-state index is -0.486. The number of aromatic nitrogens is 2. The fourth-order valence-corrected chi connectivity index (χ4v) is 4.60. The van der Waals surface area contributed by atoms with E-state index in [2.05, 4.69) is 20.1 Å². The lowest BCUT2D eigenvalue weighted by atomic mass is 10.0. The number of nitrogens with zero attached hydrogens (tertiary/aromatic N) is 4. The average molecular weight is 361 g/mol. The molecule has 0 bridgehead atoms. The first-order valence-corrected chi connectivity index (χ1v) is 9.62. The van der Waals surface area contributed by atoms with Crippen molar-refractivity contribution in [3.8, 4) is 0 Å². The molecule has 3 aliphatic heterocycles. The molecule has 1 fully saturated rings. The Labute approximate surface area is 151 Å². The zero-order valence-corrected chi connectivity index (χ0v) is 15.1. The molecule has 0 unspecified atom stereocenters. The maximum Gasteiger partial charge on any atom is 0.228 e. The van der Waals surface area contributed by atoms with Gasteiger partial charge in [-0.25, -0.2) is 0 Å². The van der Waals surface area contributed by atoms with E-state index in [9.17, 15) is 9.90 Å². The number of amides is 1. The van der Waals surface area contributed by atoms with Crippen LogP contribution in [0.1, 0.15) is 24.2 Å². The number of aliphatic hydroxyl groups is 1. The highest BCUT2D eigenvalue weighted by Gasteiger charge is 2.35. The third-order valence-corrected chi connectivity index (χ3v) is 5.94. The van der Waals surface area contributed by atoms with Gasteiger partial charge < -0.3 is 14.9 Å². The number of carbonyl (C=O) groups is 1. The topological polar surface area (TPSA) is 84.8 Å². The van der Waals surface area contributed by atoms with Gasteiger partial charge in [0.05, 0.1) is 18.2 Å². The molecule has 3 aliphatic rings. The number of H-pyrrole nitrogens is 1. The SMILES string of the molecule is Cc1cc(C[C@@H]2CN(C(=O)CC3=CSC4=NCCCN34)C[C@H]2O)n[nH]1. The molecule has 2 N–H and O–H groups in total. The normalized spacial score (nSPS) is 25.8. The fraction of sp³-hybridized carbons (Fsp3) is 0.588. The van der Waals surface area contributed by atoms with Crippen molar-refractivity contribution in [1.82, 2.24) is 20.0 Å². The molecule has 0 spiro atoms. The van der Waals surface area contributed by atoms with Crippen LogP contribution in [0.25, 0.3) is 0 Å². The number of carbonyl (C=O) groups excluding carboxylic acids is 1. The summed E-state index contributed by atoms with van der Waals surface area (Å²) >= 11 is 1.61. The van der Waals surface area contributed by atoms with E-state index >= 15 is 0 Å². The van der Waals surface area contributed by atoms with Crippen LogP contribution in [0.4, 0.5) is 0 Å². The molecule has 1 aromatic heterocycles. The van der Waals surface area contributed by atoms with Gasteiger partial charge in [-0.15, -0.1) is 0 Å². The fourth-order valence-electron chi connectivity index (χ4n) is 3.65. The molecular formula is C17H23N5O2S. The Bertz CT molecular complexity index is 728. The van der Waals surface area contributed by atoms with E-state index in [0.29, 0.717) is 25.9 Å². The summed E-state index contributed by atoms with van der Waals surface area (Å²) in [7, 11) is 0. The van der Waals surface area contributed by atoms with Crippen LogP contribution in [0.5, 0.6) is 0 Å². The first-order valence-electron chi connectivity index (χ1n) is 8.74. The van der Waals surface area contributed by atoms with E-state index in [1.807, 2.05) is 18.4 Å². The number of hydrogen-bond donors (Lipinski definition) is 2. The van der Waals surface area contributed by atoms with Crippen LogP contribution in [0.3, 0.4) is 0 Å². The molecule has 0 saturated carbocycles. The molecule has 7 nitrogen and oxygen atoms in total. The molecule has 2 atom stereocenters. The molecule has 25 heavy (non-hydrogen) atoms. The molecule has 8 heteroatoms. The van der Waals surface area contributed by atoms with Crippen LogP contribution in [0.2, 0.25) is 0 Å². The molecule has 4 heterocycles. The largest absolute Gasteiger partial charge is 0.391 e. The number of nitrogens with one attached hydrogen (secondary N) is 1. The third kappa shape index (κ3) is 3.46. The Morgan fingerprint density at radius 1 is 1.48 bits per heavy atom. The van der Waals surface area contributed by atoms with E-state index in [4.69, 9.17) is 0 Å². The highest BCUT2D eigenvalue weighted by molar-refractivity contribution is 8.16. The van der Waals surface area contributed by atoms with Crippen molar-refractivity contribution < 1.29 is 9.90 Å². The number of likely N-dealkylation sites (tertiary alicyclic amines) is 1. The van der Waals surface area contributed by atoms with Gasteiger partial charge in [0, 0.05) is 43.5 Å². The number of aliphatic hydroxyl groups excluding tert-OH is 1. The van der Waals surface area contributed by atoms with Crippen LogP contribution in [0, 0.1) is 12.8 Å². The van der Waals surface area contributed by atoms with Crippen molar-refractivity contribution in [3.63, 3.8) is 0 Å². The number of fused-ring (bicyclic) bond motifs is 1. The summed E-state index contributed by atoms with van der Waals surface area (Å²) in [6.45, 7) is 4.78. The summed E-state index contributed by atoms with van der Waals surface area (Å²) in [5.74, 6) is 0.129. The van der Waals surface area contributed by atoms with Gasteiger partial charge in [-0.05, 0) is 31.2 Å². The number of thioether (sulfide) groups is 1. The molecule has 0 aromatic carbocycles. The summed E-state index contributed by atoms with van der Waals surface area (Å²) in [5.41, 5.74) is 2.99. The zero-order valence-electron chi connectivity index (χ0n) is 14.3. The van der Waals surface area contributed by atoms with Gasteiger partial charge in [0.25, 0.3) is 0 Å². The van der Waals surface area contributed by atoms with Crippen molar-refractivity contribution >= 4 is 22.8 Å². The molecular weight excluding hydrogens is 338 g/mol. The number of aromatic amines is 1. The quantitative estimate of drug-likeness (QED) is 0.839. The lowest BCUT2D eigenvalue weighted by Gasteiger charge is -2.26. The zero-order chi connectivity index (χ0) is 17.4. The first-order chi connectivity index (χ1) is 12.1. The van der Waals surface area contributed by atoms with Crippen LogP contribution >= 0.6 is 11.8 Å². The van der Waals surface area contributed by atoms with Gasteiger partial charge in [0.1, 0.15) is 0 Å². The van der Waals surface area contributed by atoms with Crippen molar-refractivity contribution in [1.29, 1.82) is 0 Å². The standard InChI is InChI=1S/C17H23N5O2S/c1-11-5-13(20-19-11)6-12-8-21(9-15(12)23)16(24)7-14-10-25-17-18-3-2-4-22(14)17/h5,10,12,15,23H,2-4,6-9H2,1H3,(H,19,20)/t12-,15-/m1/s1. The summed E-state index contributed by atoms with van der Waals surface area (Å²) < 4.78 is 0. The molecule has 1 saturated heterocycles. The van der Waals surface area contributed by atoms with E-state index in [1.165, 1.54) is 0 Å². The van der Waals surface area contributed by atoms with E-state index in [-0.39, 0.29) is 11.8 Å². The Kier molecular flexibility index (Phi) is 4.56. The van der Waals surface area contributed by atoms with Crippen molar-refractivity contribution in [2.24, 2.45) is 10.9 Å². The monoisotopic (exact) mass is 361 g/mol. The van der Waals surface area contributed by atoms with Crippen molar-refractivity contribution in [2.75, 3.05) is 26.2 Å². The summed E-state index contributed by atoms with van der Waals surface area (Å²) in [6.07, 6.45) is 1.62. The van der Waals surface area contributed by atoms with Gasteiger partial charge in [0.15, 0.2) is 5.17 Å². The molecule has 0 aliphatic carbocycles. The lowest BCUT2D eigenvalue weighted by Crippen LogP contribution is -2.34. The van der Waals surface area contributed by atoms with Crippen molar-refractivity contribution in [2.45, 2.75) is 32.3 Å². The number of β-amino-alcohol motifs (C(OH)–C–C–N with tert-alkyl or cyclic N) is 1. The number of amidine groups is 1. The molecule has 1 aromatic rings. The maximum atomic E-state index is 12.7. The molecule has 4 rings (SSSR count). The second kappa shape index (κ2) is 6.84. The predicted octanol–water partition coefficient (Wildman–Crippen LogP) is 1.12. The van der Waals surface area contributed by atoms with E-state index < -0.39 is 6.10 Å². The van der Waals surface area contributed by atoms with Crippen molar-refractivity contribution in [3.05, 3.63) is 28.6 Å². The number of hydrogen-bond acceptors (Lipinski definition) is 6. The smallest absolute Gasteiger partial charge is 0.228 e. The van der Waals surface area contributed by atoms with Gasteiger partial charge >= 0.3 is 0 Å². The van der Waals surface area contributed by atoms with Gasteiger partial charge in [-0.1, -0.05) is 11.8 Å². The Hall–Kier alpha value is -1.80. The van der Waals surface area contributed by atoms with Gasteiger partial charge in [0.2, 0.25) is 5.91 Å². The number of aliphatic imine (C=N–C) groups is 1. The number of aryl methyl sites for hydroxylation is 1. The second-order valence-corrected chi connectivity index (χ2v) is 7.78. The Morgan fingerprint density at radius 2 is 2.36 bits per heavy atom. The lowest BCUT2D eigenvalue weighted by molar-refractivity contribution is -0.130. The number of rotatable bonds is 4. The summed E-state index contributed by atoms with van der Waals surface area (Å²) in [4.78, 5) is 21.1. The highest BCUT2D eigenvalue weighted by atomic mass is 32.2. The Morgan fingerprint density at radius 3 is 3.16 bits per heavy atom. The predicted molar refractivity (Wildman–Crippen MR) is 97.0 cm³/mol.